The van der Waals surface area contributed by atoms with E-state index in [0.29, 0.717) is 24.7 Å². The van der Waals surface area contributed by atoms with E-state index in [1.54, 1.807) is 12.1 Å². The van der Waals surface area contributed by atoms with Crippen LogP contribution in [0.15, 0.2) is 73.0 Å². The summed E-state index contributed by atoms with van der Waals surface area (Å²) in [6.07, 6.45) is 4.11. The number of ether oxygens (including phenoxy) is 3. The van der Waals surface area contributed by atoms with E-state index in [1.807, 2.05) is 123 Å². The van der Waals surface area contributed by atoms with E-state index in [0.717, 1.165) is 93.0 Å². The number of hydrogen-bond donors (Lipinski definition) is 2. The quantitative estimate of drug-likeness (QED) is 0.105. The van der Waals surface area contributed by atoms with Crippen LogP contribution in [0.3, 0.4) is 0 Å². The second-order valence-electron chi connectivity index (χ2n) is 18.9. The van der Waals surface area contributed by atoms with Gasteiger partial charge in [-0.25, -0.2) is 14.6 Å². The number of benzene rings is 3. The number of nitrogen functional groups attached to an aromatic ring is 2. The first-order valence-corrected chi connectivity index (χ1v) is 30.0. The molecule has 0 saturated carbocycles. The minimum absolute atomic E-state index is 0.0704. The van der Waals surface area contributed by atoms with Crippen LogP contribution < -0.4 is 11.5 Å². The lowest BCUT2D eigenvalue weighted by atomic mass is 10.0. The smallest absolute Gasteiger partial charge is 0.410 e. The molecule has 4 heterocycles. The Morgan fingerprint density at radius 3 is 1.76 bits per heavy atom. The van der Waals surface area contributed by atoms with E-state index in [4.69, 9.17) is 35.7 Å². The molecule has 2 fully saturated rings. The molecule has 16 heteroatoms. The summed E-state index contributed by atoms with van der Waals surface area (Å²) < 4.78 is 22.4. The van der Waals surface area contributed by atoms with Gasteiger partial charge in [0, 0.05) is 53.3 Å². The highest BCUT2D eigenvalue weighted by Crippen LogP contribution is 2.36. The predicted molar refractivity (Wildman–Crippen MR) is 294 cm³/mol. The fourth-order valence-electron chi connectivity index (χ4n) is 7.19. The van der Waals surface area contributed by atoms with Gasteiger partial charge >= 0.3 is 12.2 Å². The molecule has 2 saturated heterocycles. The number of nitrogens with zero attached hydrogens (tertiary/aromatic N) is 5. The van der Waals surface area contributed by atoms with Crippen LogP contribution in [0.25, 0.3) is 11.0 Å². The maximum atomic E-state index is 12.8. The number of aliphatic imine (C=N–C) groups is 1. The average molecular weight is 1140 g/mol. The average Bonchev–Trinajstić information content (AvgIpc) is 4.08. The third kappa shape index (κ3) is 19.1. The lowest BCUT2D eigenvalue weighted by Gasteiger charge is -2.28. The first-order chi connectivity index (χ1) is 31.5. The van der Waals surface area contributed by atoms with E-state index in [2.05, 4.69) is 84.1 Å². The van der Waals surface area contributed by atoms with Crippen LogP contribution in [0.4, 0.5) is 26.7 Å². The lowest BCUT2D eigenvalue weighted by molar-refractivity contribution is 0.0203. The SMILES string of the molecule is CC.CC.CC.CC(C)(C)OC(=O)N1CCC[C@H]1C1=Nc2cc(Br)ccc2C1.CC(C)(C)OC(=O)N1CCC[C@H]1c1nc2cc(Br)ccc2n1COCC[Si](C)(C)C.Nc1ccc(Br)cc1N. The number of likely N-dealkylation sites (tertiary alicyclic amines) is 2. The summed E-state index contributed by atoms with van der Waals surface area (Å²) in [4.78, 5) is 38.6. The standard InChI is InChI=1S/C22H34BrN3O3Si.C17H21BrN2O2.C6H7BrN2.3C2H6/c1-22(2,3)29-21(27)25-11-7-8-19(25)20-24-17-14-16(23)9-10-18(17)26(20)15-28-12-13-30(4,5)6;1-17(2,3)22-16(21)20-8-4-5-15(20)14-9-11-6-7-12(18)10-13(11)19-14;7-4-1-2-5(8)6(9)3-4;3*1-2/h9-10,14,19H,7-8,11-13,15H2,1-6H3;6-7,10,15H,4-5,8-9H2,1-3H3;1-3H,8-9H2;3*1-2H3/t19-;15-;;;;/m00..../s1. The molecule has 67 heavy (non-hydrogen) atoms. The number of nitrogens with two attached hydrogens (primary N) is 2. The molecule has 0 radical (unpaired) electrons. The zero-order chi connectivity index (χ0) is 50.9. The van der Waals surface area contributed by atoms with Crippen molar-refractivity contribution in [3.63, 3.8) is 0 Å². The van der Waals surface area contributed by atoms with Gasteiger partial charge in [0.1, 0.15) is 23.8 Å². The van der Waals surface area contributed by atoms with Gasteiger partial charge in [-0.05, 0) is 127 Å². The van der Waals surface area contributed by atoms with Gasteiger partial charge in [0.2, 0.25) is 0 Å². The van der Waals surface area contributed by atoms with Crippen molar-refractivity contribution in [3.05, 3.63) is 79.4 Å². The van der Waals surface area contributed by atoms with Crippen LogP contribution in [0.1, 0.15) is 126 Å². The first kappa shape index (κ1) is 59.7. The third-order valence-electron chi connectivity index (χ3n) is 10.1. The number of fused-ring (bicyclic) bond motifs is 2. The van der Waals surface area contributed by atoms with Crippen LogP contribution >= 0.6 is 47.8 Å². The van der Waals surface area contributed by atoms with Gasteiger partial charge in [0.05, 0.1) is 40.2 Å². The van der Waals surface area contributed by atoms with Gasteiger partial charge in [0.15, 0.2) is 0 Å². The number of imidazole rings is 1. The summed E-state index contributed by atoms with van der Waals surface area (Å²) >= 11 is 10.3. The molecular weight excluding hydrogens is 1060 g/mol. The highest BCUT2D eigenvalue weighted by atomic mass is 79.9. The molecule has 0 aliphatic carbocycles. The van der Waals surface area contributed by atoms with Gasteiger partial charge < -0.3 is 30.2 Å². The summed E-state index contributed by atoms with van der Waals surface area (Å²) in [5.41, 5.74) is 16.4. The summed E-state index contributed by atoms with van der Waals surface area (Å²) in [7, 11) is -1.15. The number of anilines is 2. The van der Waals surface area contributed by atoms with Crippen molar-refractivity contribution in [1.82, 2.24) is 19.4 Å². The number of rotatable bonds is 7. The van der Waals surface area contributed by atoms with E-state index >= 15 is 0 Å². The van der Waals surface area contributed by atoms with E-state index in [-0.39, 0.29) is 24.3 Å². The summed E-state index contributed by atoms with van der Waals surface area (Å²) in [5, 5.41) is 0. The normalized spacial score (nSPS) is 16.3. The monoisotopic (exact) mass is 1140 g/mol. The van der Waals surface area contributed by atoms with Crippen LogP contribution in [0, 0.1) is 0 Å². The Kier molecular flexibility index (Phi) is 24.6. The highest BCUT2D eigenvalue weighted by molar-refractivity contribution is 9.11. The molecule has 0 unspecified atom stereocenters. The lowest BCUT2D eigenvalue weighted by Crippen LogP contribution is -2.43. The van der Waals surface area contributed by atoms with Crippen LogP contribution in [-0.2, 0) is 27.4 Å². The number of aromatic nitrogens is 2. The molecule has 2 atom stereocenters. The molecule has 0 spiro atoms. The second-order valence-corrected chi connectivity index (χ2v) is 27.2. The van der Waals surface area contributed by atoms with E-state index < -0.39 is 19.3 Å². The molecule has 3 aliphatic rings. The Balaban J connectivity index is 0.000000363. The molecule has 4 aromatic rings. The van der Waals surface area contributed by atoms with Crippen molar-refractivity contribution < 1.29 is 23.8 Å². The molecule has 3 aromatic carbocycles. The zero-order valence-corrected chi connectivity index (χ0v) is 48.7. The fraction of sp³-hybridized carbons (Fsp3) is 0.569. The van der Waals surface area contributed by atoms with Gasteiger partial charge in [0.25, 0.3) is 0 Å². The second kappa shape index (κ2) is 27.7. The number of halogens is 3. The Morgan fingerprint density at radius 2 is 1.22 bits per heavy atom. The van der Waals surface area contributed by atoms with Gasteiger partial charge in [-0.2, -0.15) is 0 Å². The molecule has 2 amide bonds. The van der Waals surface area contributed by atoms with Crippen molar-refractivity contribution in [3.8, 4) is 0 Å². The van der Waals surface area contributed by atoms with Crippen molar-refractivity contribution >= 4 is 102 Å². The van der Waals surface area contributed by atoms with Crippen molar-refractivity contribution in [2.24, 2.45) is 4.99 Å². The topological polar surface area (TPSA) is 151 Å². The largest absolute Gasteiger partial charge is 0.444 e. The summed E-state index contributed by atoms with van der Waals surface area (Å²) in [6, 6.07) is 18.7. The fourth-order valence-corrected chi connectivity index (χ4v) is 9.02. The summed E-state index contributed by atoms with van der Waals surface area (Å²) in [5.74, 6) is 0.875. The molecule has 1 aromatic heterocycles. The Morgan fingerprint density at radius 1 is 0.716 bits per heavy atom. The first-order valence-electron chi connectivity index (χ1n) is 23.9. The molecule has 12 nitrogen and oxygen atoms in total. The zero-order valence-electron chi connectivity index (χ0n) is 43.0. The molecule has 4 N–H and O–H groups in total. The number of hydrogen-bond acceptors (Lipinski definition) is 9. The van der Waals surface area contributed by atoms with E-state index in [1.165, 1.54) is 5.56 Å². The number of carbonyl (C=O) groups excluding carboxylic acids is 2. The molecule has 374 valence electrons. The Labute approximate surface area is 428 Å². The number of amides is 2. The van der Waals surface area contributed by atoms with Gasteiger partial charge in [-0.15, -0.1) is 0 Å². The maximum Gasteiger partial charge on any atom is 0.410 e. The van der Waals surface area contributed by atoms with Crippen LogP contribution in [0.2, 0.25) is 25.7 Å². The van der Waals surface area contributed by atoms with Crippen molar-refractivity contribution in [2.75, 3.05) is 31.2 Å². The maximum absolute atomic E-state index is 12.8. The molecular formula is C51H80Br3N7O5Si. The van der Waals surface area contributed by atoms with Gasteiger partial charge in [-0.1, -0.05) is 115 Å². The van der Waals surface area contributed by atoms with Crippen molar-refractivity contribution in [1.29, 1.82) is 0 Å². The van der Waals surface area contributed by atoms with Crippen LogP contribution in [0.5, 0.6) is 0 Å². The Hall–Kier alpha value is -3.44. The number of carbonyl (C=O) groups is 2. The summed E-state index contributed by atoms with van der Waals surface area (Å²) in [6.45, 7) is 33.1. The molecule has 3 aliphatic heterocycles. The van der Waals surface area contributed by atoms with Crippen molar-refractivity contribution in [2.45, 2.75) is 171 Å². The minimum atomic E-state index is -1.15. The molecule has 7 rings (SSSR count). The minimum Gasteiger partial charge on any atom is -0.444 e. The third-order valence-corrected chi connectivity index (χ3v) is 13.3. The predicted octanol–water partition coefficient (Wildman–Crippen LogP) is 15.4. The van der Waals surface area contributed by atoms with E-state index in [9.17, 15) is 9.59 Å². The van der Waals surface area contributed by atoms with Gasteiger partial charge in [-0.3, -0.25) is 14.8 Å². The van der Waals surface area contributed by atoms with Crippen LogP contribution in [-0.4, -0.2) is 82.3 Å². The highest BCUT2D eigenvalue weighted by Gasteiger charge is 2.38. The Bertz CT molecular complexity index is 2220. The molecule has 0 bridgehead atoms.